The van der Waals surface area contributed by atoms with Gasteiger partial charge < -0.3 is 0 Å². The van der Waals surface area contributed by atoms with Crippen LogP contribution in [-0.4, -0.2) is 14.7 Å². The second-order valence-electron chi connectivity index (χ2n) is 0.402. The maximum absolute atomic E-state index is 3.44. The minimum atomic E-state index is 0. The molecule has 0 bridgehead atoms. The van der Waals surface area contributed by atoms with Crippen LogP contribution in [0, 0.1) is 0 Å². The average molecular weight is 88.0 g/mol. The third-order valence-corrected chi connectivity index (χ3v) is 0.500. The van der Waals surface area contributed by atoms with Crippen LogP contribution in [0.2, 0.25) is 0 Å². The molecule has 2 heteroatoms. The van der Waals surface area contributed by atoms with Crippen LogP contribution in [0.3, 0.4) is 0 Å². The Kier molecular flexibility index (Phi) is 15.9. The summed E-state index contributed by atoms with van der Waals surface area (Å²) in [4.78, 5) is 0. The number of hydrogen-bond donors (Lipinski definition) is 0. The fourth-order valence-corrected chi connectivity index (χ4v) is 0. The molecule has 0 aromatic heterocycles. The molecule has 0 amide bonds. The Balaban J connectivity index is 0. The van der Waals surface area contributed by atoms with Gasteiger partial charge >= 0.3 is 0 Å². The Hall–Kier alpha value is 0.155. The first-order valence-corrected chi connectivity index (χ1v) is 2.34. The predicted octanol–water partition coefficient (Wildman–Crippen LogP) is 0.309. The van der Waals surface area contributed by atoms with E-state index in [0.717, 1.165) is 0 Å². The Morgan fingerprint density at radius 2 is 2.00 bits per heavy atom. The molecule has 0 saturated carbocycles. The van der Waals surface area contributed by atoms with Crippen LogP contribution in [0.15, 0.2) is 12.0 Å². The Labute approximate surface area is 39.2 Å². The van der Waals surface area contributed by atoms with Crippen LogP contribution in [0.5, 0.6) is 0 Å². The van der Waals surface area contributed by atoms with Crippen molar-refractivity contribution in [1.29, 1.82) is 0 Å². The Morgan fingerprint density at radius 3 is 2.00 bits per heavy atom. The summed E-state index contributed by atoms with van der Waals surface area (Å²) < 4.78 is 0. The summed E-state index contributed by atoms with van der Waals surface area (Å²) in [7, 11) is 0. The van der Waals surface area contributed by atoms with Gasteiger partial charge in [-0.1, -0.05) is 6.58 Å². The minimum absolute atomic E-state index is 0. The third kappa shape index (κ3) is 14.5. The van der Waals surface area contributed by atoms with Crippen LogP contribution >= 0.6 is 11.8 Å². The van der Waals surface area contributed by atoms with Gasteiger partial charge in [0.15, 0.2) is 0 Å². The lowest BCUT2D eigenvalue weighted by Crippen LogP contribution is -1.25. The third-order valence-electron chi connectivity index (χ3n) is 0.167. The predicted molar refractivity (Wildman–Crippen MR) is 33.7 cm³/mol. The highest BCUT2D eigenvalue weighted by Crippen LogP contribution is 1.85. The fraction of sp³-hybridized carbons (Fsp3) is 0.333. The van der Waals surface area contributed by atoms with Crippen molar-refractivity contribution >= 4 is 20.2 Å². The van der Waals surface area contributed by atoms with Crippen molar-refractivity contribution in [3.05, 3.63) is 12.0 Å². The molecule has 0 heterocycles. The maximum atomic E-state index is 3.44. The molecule has 0 N–H and O–H groups in total. The molecule has 0 nitrogen and oxygen atoms in total. The van der Waals surface area contributed by atoms with Gasteiger partial charge in [-0.15, -0.1) is 11.8 Å². The molecule has 0 atom stereocenters. The quantitative estimate of drug-likeness (QED) is 0.415. The van der Waals surface area contributed by atoms with E-state index in [9.17, 15) is 0 Å². The topological polar surface area (TPSA) is 0 Å². The first kappa shape index (κ1) is 8.94. The largest absolute Gasteiger partial charge is 0.138 e. The zero-order chi connectivity index (χ0) is 3.41. The van der Waals surface area contributed by atoms with Gasteiger partial charge in [-0.25, -0.2) is 0 Å². The van der Waals surface area contributed by atoms with Gasteiger partial charge in [0.1, 0.15) is 0 Å². The molecule has 0 spiro atoms. The fourth-order valence-electron chi connectivity index (χ4n) is 0. The van der Waals surface area contributed by atoms with E-state index in [1.165, 1.54) is 0 Å². The second-order valence-corrected chi connectivity index (χ2v) is 1.21. The molecule has 0 radical (unpaired) electrons. The second kappa shape index (κ2) is 8.91. The Morgan fingerprint density at radius 1 is 1.80 bits per heavy atom. The molecule has 0 aromatic carbocycles. The summed E-state index contributed by atoms with van der Waals surface area (Å²) >= 11 is 1.62. The summed E-state index contributed by atoms with van der Waals surface area (Å²) in [5.74, 6) is 0. The van der Waals surface area contributed by atoms with Crippen molar-refractivity contribution in [2.45, 2.75) is 0 Å². The maximum Gasteiger partial charge on any atom is 0.0814 e. The van der Waals surface area contributed by atoms with Crippen molar-refractivity contribution < 1.29 is 0 Å². The van der Waals surface area contributed by atoms with Crippen LogP contribution < -0.4 is 0 Å². The van der Waals surface area contributed by atoms with Crippen molar-refractivity contribution in [2.24, 2.45) is 0 Å². The van der Waals surface area contributed by atoms with Gasteiger partial charge in [0, 0.05) is 0 Å². The van der Waals surface area contributed by atoms with Crippen LogP contribution in [0.25, 0.3) is 0 Å². The van der Waals surface area contributed by atoms with Gasteiger partial charge in [-0.2, -0.15) is 0 Å². The molecule has 0 rings (SSSR count). The Bertz CT molecular complexity index is 20.9. The standard InChI is InChI=1S/C3H6S.BH3/c1-3-4-2;/h3H,1H2,2H3;1H3. The monoisotopic (exact) mass is 88.1 g/mol. The lowest BCUT2D eigenvalue weighted by Gasteiger charge is -1.59. The van der Waals surface area contributed by atoms with Gasteiger partial charge in [-0.05, 0) is 11.7 Å². The normalized spacial score (nSPS) is 5.00. The summed E-state index contributed by atoms with van der Waals surface area (Å²) in [5.41, 5.74) is 0. The average Bonchev–Trinajstić information content (AvgIpc) is 1.37. The van der Waals surface area contributed by atoms with Crippen LogP contribution in [0.1, 0.15) is 0 Å². The van der Waals surface area contributed by atoms with Gasteiger partial charge in [0.25, 0.3) is 0 Å². The smallest absolute Gasteiger partial charge is 0.0814 e. The highest BCUT2D eigenvalue weighted by molar-refractivity contribution is 8.01. The zero-order valence-corrected chi connectivity index (χ0v) is 3.51. The highest BCUT2D eigenvalue weighted by atomic mass is 32.2. The lowest BCUT2D eigenvalue weighted by atomic mass is 10.8. The molecular formula is C3H9BS. The van der Waals surface area contributed by atoms with E-state index in [0.29, 0.717) is 0 Å². The van der Waals surface area contributed by atoms with Gasteiger partial charge in [-0.3, -0.25) is 0 Å². The van der Waals surface area contributed by atoms with E-state index >= 15 is 0 Å². The van der Waals surface area contributed by atoms with Crippen molar-refractivity contribution in [1.82, 2.24) is 0 Å². The first-order chi connectivity index (χ1) is 1.91. The van der Waals surface area contributed by atoms with Crippen LogP contribution in [0.4, 0.5) is 0 Å². The van der Waals surface area contributed by atoms with Crippen molar-refractivity contribution in [3.63, 3.8) is 0 Å². The number of rotatable bonds is 1. The summed E-state index contributed by atoms with van der Waals surface area (Å²) in [6.07, 6.45) is 1.98. The molecule has 0 aliphatic rings. The highest BCUT2D eigenvalue weighted by Gasteiger charge is 1.43. The SMILES string of the molecule is B.C=CSC. The molecule has 5 heavy (non-hydrogen) atoms. The summed E-state index contributed by atoms with van der Waals surface area (Å²) in [6.45, 7) is 3.44. The summed E-state index contributed by atoms with van der Waals surface area (Å²) in [5, 5.41) is 1.79. The van der Waals surface area contributed by atoms with E-state index in [2.05, 4.69) is 6.58 Å². The van der Waals surface area contributed by atoms with E-state index in [1.54, 1.807) is 17.2 Å². The van der Waals surface area contributed by atoms with Crippen molar-refractivity contribution in [3.8, 4) is 0 Å². The summed E-state index contributed by atoms with van der Waals surface area (Å²) in [6, 6.07) is 0. The molecular weight excluding hydrogens is 78.9 g/mol. The van der Waals surface area contributed by atoms with E-state index in [4.69, 9.17) is 0 Å². The molecule has 0 aromatic rings. The van der Waals surface area contributed by atoms with E-state index in [1.807, 2.05) is 6.26 Å². The minimum Gasteiger partial charge on any atom is -0.138 e. The molecule has 0 aliphatic carbocycles. The van der Waals surface area contributed by atoms with Crippen LogP contribution in [-0.2, 0) is 0 Å². The van der Waals surface area contributed by atoms with Gasteiger partial charge in [0.2, 0.25) is 0 Å². The molecule has 0 unspecified atom stereocenters. The molecule has 0 saturated heterocycles. The lowest BCUT2D eigenvalue weighted by molar-refractivity contribution is 2.46. The number of hydrogen-bond acceptors (Lipinski definition) is 1. The molecule has 30 valence electrons. The first-order valence-electron chi connectivity index (χ1n) is 1.05. The van der Waals surface area contributed by atoms with E-state index in [-0.39, 0.29) is 8.41 Å². The zero-order valence-electron chi connectivity index (χ0n) is 2.69. The van der Waals surface area contributed by atoms with Gasteiger partial charge in [0.05, 0.1) is 8.41 Å². The van der Waals surface area contributed by atoms with Crippen molar-refractivity contribution in [2.75, 3.05) is 6.26 Å². The molecule has 0 aliphatic heterocycles. The number of thioether (sulfide) groups is 1. The van der Waals surface area contributed by atoms with E-state index < -0.39 is 0 Å². The molecule has 0 fully saturated rings.